The molecule has 1 aromatic heterocycles. The van der Waals surface area contributed by atoms with Crippen LogP contribution in [0.5, 0.6) is 0 Å². The maximum absolute atomic E-state index is 13.7. The quantitative estimate of drug-likeness (QED) is 0.234. The lowest BCUT2D eigenvalue weighted by molar-refractivity contribution is -0.384. The van der Waals surface area contributed by atoms with E-state index in [-0.39, 0.29) is 27.4 Å². The summed E-state index contributed by atoms with van der Waals surface area (Å²) in [6, 6.07) is 21.8. The molecule has 0 amide bonds. The van der Waals surface area contributed by atoms with Crippen molar-refractivity contribution in [3.63, 3.8) is 0 Å². The number of nitrogens with zero attached hydrogens (tertiary/aromatic N) is 2. The molecule has 0 aliphatic heterocycles. The minimum Gasteiger partial charge on any atom is -0.286 e. The van der Waals surface area contributed by atoms with Crippen LogP contribution in [0.15, 0.2) is 102 Å². The smallest absolute Gasteiger partial charge is 0.269 e. The third-order valence-corrected chi connectivity index (χ3v) is 7.40. The van der Waals surface area contributed by atoms with Gasteiger partial charge in [-0.2, -0.15) is 0 Å². The molecule has 0 radical (unpaired) electrons. The standard InChI is InChI=1S/C26H16N2O6S/c29-23-15-21(18-11-13-19(14-12-18)28(31)32)25-24(26(23)30)22(17-7-3-1-4-8-17)16-27(25)35(33,34)20-9-5-2-6-10-20/h1-16H. The van der Waals surface area contributed by atoms with Gasteiger partial charge in [0.1, 0.15) is 0 Å². The van der Waals surface area contributed by atoms with E-state index in [9.17, 15) is 28.1 Å². The van der Waals surface area contributed by atoms with Crippen LogP contribution in [0.25, 0.3) is 16.7 Å². The first kappa shape index (κ1) is 22.2. The zero-order valence-corrected chi connectivity index (χ0v) is 18.8. The summed E-state index contributed by atoms with van der Waals surface area (Å²) in [6.45, 7) is 0. The molecule has 35 heavy (non-hydrogen) atoms. The van der Waals surface area contributed by atoms with Crippen molar-refractivity contribution in [2.75, 3.05) is 0 Å². The van der Waals surface area contributed by atoms with Crippen LogP contribution in [0.3, 0.4) is 0 Å². The summed E-state index contributed by atoms with van der Waals surface area (Å²) in [5.74, 6) is -1.63. The van der Waals surface area contributed by atoms with Crippen LogP contribution in [-0.4, -0.2) is 28.9 Å². The normalized spacial score (nSPS) is 13.3. The molecule has 5 rings (SSSR count). The summed E-state index contributed by atoms with van der Waals surface area (Å²) < 4.78 is 28.4. The molecular formula is C26H16N2O6S. The van der Waals surface area contributed by atoms with Crippen LogP contribution in [0, 0.1) is 10.1 Å². The molecule has 0 unspecified atom stereocenters. The fourth-order valence-corrected chi connectivity index (χ4v) is 5.47. The third kappa shape index (κ3) is 3.68. The van der Waals surface area contributed by atoms with Gasteiger partial charge in [-0.25, -0.2) is 12.4 Å². The Morgan fingerprint density at radius 2 is 1.37 bits per heavy atom. The second kappa shape index (κ2) is 8.30. The van der Waals surface area contributed by atoms with Gasteiger partial charge < -0.3 is 0 Å². The highest BCUT2D eigenvalue weighted by Gasteiger charge is 2.36. The number of hydrogen-bond acceptors (Lipinski definition) is 6. The summed E-state index contributed by atoms with van der Waals surface area (Å²) in [6.07, 6.45) is 2.43. The Morgan fingerprint density at radius 1 is 0.771 bits per heavy atom. The van der Waals surface area contributed by atoms with Crippen molar-refractivity contribution in [3.05, 3.63) is 124 Å². The number of rotatable bonds is 5. The number of allylic oxidation sites excluding steroid dienone is 1. The molecule has 0 N–H and O–H groups in total. The molecule has 1 aliphatic carbocycles. The van der Waals surface area contributed by atoms with Crippen LogP contribution in [-0.2, 0) is 14.8 Å². The Morgan fingerprint density at radius 3 is 1.97 bits per heavy atom. The Hall–Kier alpha value is -4.63. The maximum atomic E-state index is 13.7. The van der Waals surface area contributed by atoms with Crippen LogP contribution < -0.4 is 0 Å². The molecule has 4 aromatic rings. The average Bonchev–Trinajstić information content (AvgIpc) is 3.29. The van der Waals surface area contributed by atoms with E-state index in [0.717, 1.165) is 10.0 Å². The van der Waals surface area contributed by atoms with Crippen molar-refractivity contribution < 1.29 is 22.9 Å². The van der Waals surface area contributed by atoms with Gasteiger partial charge in [-0.15, -0.1) is 0 Å². The lowest BCUT2D eigenvalue weighted by atomic mass is 9.87. The second-order valence-corrected chi connectivity index (χ2v) is 9.62. The van der Waals surface area contributed by atoms with E-state index in [2.05, 4.69) is 0 Å². The fourth-order valence-electron chi connectivity index (χ4n) is 4.07. The van der Waals surface area contributed by atoms with Gasteiger partial charge in [0.15, 0.2) is 0 Å². The summed E-state index contributed by atoms with van der Waals surface area (Å²) in [7, 11) is -4.17. The highest BCUT2D eigenvalue weighted by molar-refractivity contribution is 7.90. The first-order chi connectivity index (χ1) is 16.8. The maximum Gasteiger partial charge on any atom is 0.269 e. The van der Waals surface area contributed by atoms with Gasteiger partial charge in [0.25, 0.3) is 15.7 Å². The minimum atomic E-state index is -4.17. The van der Waals surface area contributed by atoms with Crippen molar-refractivity contribution >= 4 is 32.9 Å². The third-order valence-electron chi connectivity index (χ3n) is 5.73. The molecule has 8 nitrogen and oxygen atoms in total. The van der Waals surface area contributed by atoms with Crippen molar-refractivity contribution in [2.24, 2.45) is 0 Å². The molecule has 1 heterocycles. The van der Waals surface area contributed by atoms with E-state index in [1.54, 1.807) is 48.5 Å². The number of benzene rings is 3. The van der Waals surface area contributed by atoms with Crippen LogP contribution >= 0.6 is 0 Å². The average molecular weight is 484 g/mol. The molecule has 9 heteroatoms. The van der Waals surface area contributed by atoms with Gasteiger partial charge in [-0.1, -0.05) is 48.5 Å². The lowest BCUT2D eigenvalue weighted by Gasteiger charge is -2.18. The Bertz CT molecular complexity index is 1640. The fraction of sp³-hybridized carbons (Fsp3) is 0. The highest BCUT2D eigenvalue weighted by Crippen LogP contribution is 2.40. The lowest BCUT2D eigenvalue weighted by Crippen LogP contribution is -2.23. The largest absolute Gasteiger partial charge is 0.286 e. The number of aromatic nitrogens is 1. The van der Waals surface area contributed by atoms with Gasteiger partial charge in [0.2, 0.25) is 11.6 Å². The van der Waals surface area contributed by atoms with E-state index in [1.807, 2.05) is 0 Å². The molecule has 0 saturated heterocycles. The van der Waals surface area contributed by atoms with E-state index in [0.29, 0.717) is 16.7 Å². The Labute approximate surface area is 200 Å². The first-order valence-corrected chi connectivity index (χ1v) is 11.9. The minimum absolute atomic E-state index is 0.00445. The molecule has 1 aliphatic rings. The van der Waals surface area contributed by atoms with Gasteiger partial charge in [0, 0.05) is 29.5 Å². The van der Waals surface area contributed by atoms with Crippen LogP contribution in [0.1, 0.15) is 21.6 Å². The van der Waals surface area contributed by atoms with E-state index >= 15 is 0 Å². The molecule has 0 fully saturated rings. The number of nitro benzene ring substituents is 1. The SMILES string of the molecule is O=C1C=C(c2ccc([N+](=O)[O-])cc2)c2c(c(-c3ccccc3)cn2S(=O)(=O)c2ccccc2)C1=O. The number of Topliss-reactive ketones (excluding diaryl/α,β-unsaturated/α-hetero) is 1. The second-order valence-electron chi connectivity index (χ2n) is 7.80. The zero-order valence-electron chi connectivity index (χ0n) is 18.0. The number of fused-ring (bicyclic) bond motifs is 1. The van der Waals surface area contributed by atoms with Crippen molar-refractivity contribution in [1.29, 1.82) is 0 Å². The van der Waals surface area contributed by atoms with E-state index < -0.39 is 26.5 Å². The van der Waals surface area contributed by atoms with E-state index in [1.165, 1.54) is 42.6 Å². The number of carbonyl (C=O) groups is 2. The van der Waals surface area contributed by atoms with Gasteiger partial charge in [0.05, 0.1) is 21.1 Å². The van der Waals surface area contributed by atoms with Gasteiger partial charge in [-0.05, 0) is 41.5 Å². The molecule has 0 atom stereocenters. The Balaban J connectivity index is 1.83. The highest BCUT2D eigenvalue weighted by atomic mass is 32.2. The van der Waals surface area contributed by atoms with Crippen LogP contribution in [0.2, 0.25) is 0 Å². The van der Waals surface area contributed by atoms with Gasteiger partial charge >= 0.3 is 0 Å². The molecule has 0 spiro atoms. The Kier molecular flexibility index (Phi) is 5.26. The van der Waals surface area contributed by atoms with Crippen molar-refractivity contribution in [2.45, 2.75) is 4.90 Å². The zero-order chi connectivity index (χ0) is 24.7. The topological polar surface area (TPSA) is 116 Å². The van der Waals surface area contributed by atoms with Gasteiger partial charge in [-0.3, -0.25) is 19.7 Å². The molecular weight excluding hydrogens is 468 g/mol. The number of nitro groups is 1. The number of carbonyl (C=O) groups excluding carboxylic acids is 2. The number of ketones is 2. The first-order valence-electron chi connectivity index (χ1n) is 10.5. The van der Waals surface area contributed by atoms with E-state index in [4.69, 9.17) is 0 Å². The van der Waals surface area contributed by atoms with Crippen LogP contribution in [0.4, 0.5) is 5.69 Å². The summed E-state index contributed by atoms with van der Waals surface area (Å²) >= 11 is 0. The summed E-state index contributed by atoms with van der Waals surface area (Å²) in [5, 5.41) is 11.1. The number of hydrogen-bond donors (Lipinski definition) is 0. The van der Waals surface area contributed by atoms with Crippen molar-refractivity contribution in [3.8, 4) is 11.1 Å². The monoisotopic (exact) mass is 484 g/mol. The predicted molar refractivity (Wildman–Crippen MR) is 128 cm³/mol. The molecule has 0 saturated carbocycles. The molecule has 0 bridgehead atoms. The summed E-state index contributed by atoms with van der Waals surface area (Å²) in [5.41, 5.74) is 1.25. The predicted octanol–water partition coefficient (Wildman–Crippen LogP) is 4.50. The molecule has 3 aromatic carbocycles. The van der Waals surface area contributed by atoms with Crippen molar-refractivity contribution in [1.82, 2.24) is 3.97 Å². The number of non-ortho nitro benzene ring substituents is 1. The molecule has 172 valence electrons. The summed E-state index contributed by atoms with van der Waals surface area (Å²) in [4.78, 5) is 36.4.